The zero-order valence-electron chi connectivity index (χ0n) is 10.2. The van der Waals surface area contributed by atoms with Crippen molar-refractivity contribution < 1.29 is 0 Å². The monoisotopic (exact) mass is 276 g/mol. The van der Waals surface area contributed by atoms with Crippen LogP contribution in [-0.4, -0.2) is 24.6 Å². The second-order valence-corrected chi connectivity index (χ2v) is 4.93. The summed E-state index contributed by atoms with van der Waals surface area (Å²) in [6.07, 6.45) is 4.14. The summed E-state index contributed by atoms with van der Waals surface area (Å²) in [6.45, 7) is 2.08. The lowest BCUT2D eigenvalue weighted by molar-refractivity contribution is 0.736. The van der Waals surface area contributed by atoms with Gasteiger partial charge in [-0.1, -0.05) is 6.92 Å². The van der Waals surface area contributed by atoms with Crippen molar-refractivity contribution in [2.75, 3.05) is 5.32 Å². The molecule has 0 aliphatic carbocycles. The van der Waals surface area contributed by atoms with Crippen LogP contribution in [0.4, 0.5) is 5.82 Å². The van der Waals surface area contributed by atoms with E-state index in [0.717, 1.165) is 11.4 Å². The number of nitrogens with one attached hydrogen (secondary N) is 2. The normalized spacial score (nSPS) is 12.7. The Bertz CT molecular complexity index is 731. The van der Waals surface area contributed by atoms with Gasteiger partial charge in [0.1, 0.15) is 17.2 Å². The van der Waals surface area contributed by atoms with Crippen LogP contribution in [0.5, 0.6) is 0 Å². The minimum atomic E-state index is -0.291. The molecule has 0 spiro atoms. The van der Waals surface area contributed by atoms with Crippen LogP contribution in [0, 0.1) is 0 Å². The number of H-pyrrole nitrogens is 1. The van der Waals surface area contributed by atoms with E-state index >= 15 is 0 Å². The molecule has 0 bridgehead atoms. The molecule has 98 valence electrons. The molecule has 19 heavy (non-hydrogen) atoms. The molecule has 7 nitrogen and oxygen atoms in total. The number of fused-ring (bicyclic) bond motifs is 1. The minimum absolute atomic E-state index is 0.112. The Morgan fingerprint density at radius 2 is 2.42 bits per heavy atom. The second-order valence-electron chi connectivity index (χ2n) is 4.01. The smallest absolute Gasteiger partial charge is 0.348 e. The lowest BCUT2D eigenvalue weighted by atomic mass is 10.2. The highest BCUT2D eigenvalue weighted by Gasteiger charge is 2.13. The highest BCUT2D eigenvalue weighted by Crippen LogP contribution is 2.23. The van der Waals surface area contributed by atoms with Crippen molar-refractivity contribution >= 4 is 22.8 Å². The first-order valence-electron chi connectivity index (χ1n) is 5.86. The van der Waals surface area contributed by atoms with Crippen molar-refractivity contribution in [3.8, 4) is 0 Å². The highest BCUT2D eigenvalue weighted by atomic mass is 32.1. The molecule has 0 aliphatic heterocycles. The van der Waals surface area contributed by atoms with Crippen LogP contribution < -0.4 is 11.0 Å². The first-order chi connectivity index (χ1) is 9.28. The summed E-state index contributed by atoms with van der Waals surface area (Å²) >= 11 is 1.60. The molecule has 0 amide bonds. The summed E-state index contributed by atoms with van der Waals surface area (Å²) < 4.78 is 1.36. The van der Waals surface area contributed by atoms with Crippen LogP contribution in [0.25, 0.3) is 5.65 Å². The van der Waals surface area contributed by atoms with E-state index in [-0.39, 0.29) is 11.7 Å². The van der Waals surface area contributed by atoms with Crippen LogP contribution >= 0.6 is 11.3 Å². The van der Waals surface area contributed by atoms with Crippen LogP contribution in [0.3, 0.4) is 0 Å². The van der Waals surface area contributed by atoms with Gasteiger partial charge >= 0.3 is 5.69 Å². The molecule has 0 saturated carbocycles. The Labute approximate surface area is 112 Å². The number of aromatic amines is 1. The van der Waals surface area contributed by atoms with Crippen LogP contribution in [-0.2, 0) is 0 Å². The van der Waals surface area contributed by atoms with Gasteiger partial charge in [-0.3, -0.25) is 0 Å². The van der Waals surface area contributed by atoms with Crippen molar-refractivity contribution in [1.82, 2.24) is 24.6 Å². The van der Waals surface area contributed by atoms with Crippen LogP contribution in [0.1, 0.15) is 24.4 Å². The van der Waals surface area contributed by atoms with E-state index in [0.29, 0.717) is 11.5 Å². The molecule has 2 N–H and O–H groups in total. The zero-order chi connectivity index (χ0) is 13.2. The van der Waals surface area contributed by atoms with Crippen LogP contribution in [0.15, 0.2) is 28.8 Å². The Kier molecular flexibility index (Phi) is 3.00. The maximum atomic E-state index is 11.3. The van der Waals surface area contributed by atoms with E-state index in [2.05, 4.69) is 32.4 Å². The van der Waals surface area contributed by atoms with Gasteiger partial charge in [0.15, 0.2) is 5.65 Å². The van der Waals surface area contributed by atoms with E-state index in [9.17, 15) is 4.79 Å². The third kappa shape index (κ3) is 2.22. The van der Waals surface area contributed by atoms with Gasteiger partial charge in [0, 0.05) is 17.6 Å². The largest absolute Gasteiger partial charge is 0.361 e. The molecule has 0 fully saturated rings. The van der Waals surface area contributed by atoms with E-state index < -0.39 is 0 Å². The fraction of sp³-hybridized carbons (Fsp3) is 0.273. The topological polar surface area (TPSA) is 88.0 Å². The maximum absolute atomic E-state index is 11.3. The first-order valence-corrected chi connectivity index (χ1v) is 6.74. The summed E-state index contributed by atoms with van der Waals surface area (Å²) in [5, 5.41) is 12.6. The third-order valence-electron chi connectivity index (χ3n) is 2.79. The number of hydrogen-bond donors (Lipinski definition) is 2. The predicted molar refractivity (Wildman–Crippen MR) is 72.4 cm³/mol. The quantitative estimate of drug-likeness (QED) is 0.752. The molecule has 8 heteroatoms. The van der Waals surface area contributed by atoms with Gasteiger partial charge < -0.3 is 5.32 Å². The first kappa shape index (κ1) is 11.8. The lowest BCUT2D eigenvalue weighted by Gasteiger charge is -2.14. The average Bonchev–Trinajstić information content (AvgIpc) is 3.06. The predicted octanol–water partition coefficient (Wildman–Crippen LogP) is 1.44. The zero-order valence-corrected chi connectivity index (χ0v) is 11.0. The Morgan fingerprint density at radius 1 is 1.53 bits per heavy atom. The molecule has 3 aromatic rings. The van der Waals surface area contributed by atoms with Crippen molar-refractivity contribution in [3.63, 3.8) is 0 Å². The van der Waals surface area contributed by atoms with E-state index in [1.165, 1.54) is 10.7 Å². The van der Waals surface area contributed by atoms with Gasteiger partial charge in [0.2, 0.25) is 0 Å². The summed E-state index contributed by atoms with van der Waals surface area (Å²) in [6, 6.07) is 1.84. The molecule has 0 radical (unpaired) electrons. The maximum Gasteiger partial charge on any atom is 0.348 e. The number of thiazole rings is 1. The number of nitrogens with zero attached hydrogens (tertiary/aromatic N) is 4. The third-order valence-corrected chi connectivity index (χ3v) is 3.68. The number of aromatic nitrogens is 5. The Hall–Kier alpha value is -2.22. The summed E-state index contributed by atoms with van der Waals surface area (Å²) in [7, 11) is 0. The highest BCUT2D eigenvalue weighted by molar-refractivity contribution is 7.09. The molecule has 0 aliphatic rings. The van der Waals surface area contributed by atoms with E-state index in [1.807, 2.05) is 5.38 Å². The molecule has 0 aromatic carbocycles. The standard InChI is InChI=1S/C11H12N6OS/c1-2-7(10-12-3-4-19-10)14-8-5-9-15-16-11(18)17(9)6-13-8/h3-7,14H,2H2,1H3,(H,16,18). The summed E-state index contributed by atoms with van der Waals surface area (Å²) in [5.41, 5.74) is 0.248. The molecule has 3 heterocycles. The van der Waals surface area contributed by atoms with Crippen molar-refractivity contribution in [2.24, 2.45) is 0 Å². The Morgan fingerprint density at radius 3 is 3.16 bits per heavy atom. The molecule has 3 rings (SSSR count). The molecular weight excluding hydrogens is 264 g/mol. The molecule has 1 atom stereocenters. The fourth-order valence-corrected chi connectivity index (χ4v) is 2.58. The van der Waals surface area contributed by atoms with E-state index in [1.54, 1.807) is 23.6 Å². The molecule has 1 unspecified atom stereocenters. The van der Waals surface area contributed by atoms with Crippen LogP contribution in [0.2, 0.25) is 0 Å². The van der Waals surface area contributed by atoms with Crippen molar-refractivity contribution in [1.29, 1.82) is 0 Å². The number of anilines is 1. The van der Waals surface area contributed by atoms with Gasteiger partial charge in [0.05, 0.1) is 6.04 Å². The molecule has 3 aromatic heterocycles. The number of rotatable bonds is 4. The van der Waals surface area contributed by atoms with Crippen molar-refractivity contribution in [2.45, 2.75) is 19.4 Å². The van der Waals surface area contributed by atoms with Gasteiger partial charge in [0.25, 0.3) is 0 Å². The molecular formula is C11H12N6OS. The lowest BCUT2D eigenvalue weighted by Crippen LogP contribution is -2.13. The van der Waals surface area contributed by atoms with Gasteiger partial charge in [-0.15, -0.1) is 11.3 Å². The SMILES string of the molecule is CCC(Nc1cc2n[nH]c(=O)n2cn1)c1nccs1. The Balaban J connectivity index is 1.90. The van der Waals surface area contributed by atoms with Gasteiger partial charge in [-0.2, -0.15) is 5.10 Å². The van der Waals surface area contributed by atoms with Gasteiger partial charge in [-0.05, 0) is 6.42 Å². The fourth-order valence-electron chi connectivity index (χ4n) is 1.81. The molecule has 0 saturated heterocycles. The minimum Gasteiger partial charge on any atom is -0.361 e. The van der Waals surface area contributed by atoms with Crippen molar-refractivity contribution in [3.05, 3.63) is 39.5 Å². The van der Waals surface area contributed by atoms with Gasteiger partial charge in [-0.25, -0.2) is 24.3 Å². The number of hydrogen-bond acceptors (Lipinski definition) is 6. The second kappa shape index (κ2) is 4.81. The summed E-state index contributed by atoms with van der Waals surface area (Å²) in [4.78, 5) is 19.8. The average molecular weight is 276 g/mol. The van der Waals surface area contributed by atoms with E-state index in [4.69, 9.17) is 0 Å². The summed E-state index contributed by atoms with van der Waals surface area (Å²) in [5.74, 6) is 0.675.